The normalized spacial score (nSPS) is 40.8. The molecule has 0 radical (unpaired) electrons. The van der Waals surface area contributed by atoms with E-state index in [0.29, 0.717) is 36.0 Å². The number of fused-ring (bicyclic) bond motifs is 7. The van der Waals surface area contributed by atoms with Crippen molar-refractivity contribution < 1.29 is 24.2 Å². The van der Waals surface area contributed by atoms with Crippen molar-refractivity contribution in [3.05, 3.63) is 90.4 Å². The zero-order chi connectivity index (χ0) is 46.8. The number of nitrogens with zero attached hydrogens (tertiary/aromatic N) is 2. The molecule has 2 aromatic carbocycles. The van der Waals surface area contributed by atoms with E-state index in [9.17, 15) is 14.7 Å². The molecule has 1 saturated heterocycles. The zero-order valence-electron chi connectivity index (χ0n) is 41.3. The highest BCUT2D eigenvalue weighted by molar-refractivity contribution is 5.85. The standard InChI is InChI=1S/C58H77N3O5/c1-36(2)39-24-29-57(50(63)61-32-16-21-43(61)48-59-34-42(60-48)38-19-14-11-15-20-38)31-30-55(8)40(47(39)57)22-23-46-54(7)27-25-45(52(3,4)44(54)26-28-56(46,55)9)58(51(64)65)33-41(53(58,5)6)49(62)66-35-37-17-12-10-13-18-37/h10-15,17-20,34,39-41,43-47H,1,16,21-33,35H2,2-9H3,(H,59,60)(H,64,65)/t39?,40-,41+,43+,44-,45+,46-,47-,54-,55-,56-,57+,58-/m1/s1. The Hall–Kier alpha value is -4.20. The van der Waals surface area contributed by atoms with E-state index < -0.39 is 22.7 Å². The molecule has 8 nitrogen and oxygen atoms in total. The molecule has 10 rings (SSSR count). The third-order valence-electron chi connectivity index (χ3n) is 22.1. The maximum atomic E-state index is 15.7. The number of benzene rings is 2. The largest absolute Gasteiger partial charge is 0.481 e. The van der Waals surface area contributed by atoms with Crippen LogP contribution in [0.25, 0.3) is 11.3 Å². The van der Waals surface area contributed by atoms with Crippen LogP contribution in [0.5, 0.6) is 0 Å². The Balaban J connectivity index is 0.908. The van der Waals surface area contributed by atoms with Crippen LogP contribution in [0, 0.1) is 79.3 Å². The fourth-order valence-corrected chi connectivity index (χ4v) is 18.6. The molecule has 66 heavy (non-hydrogen) atoms. The van der Waals surface area contributed by atoms with E-state index in [2.05, 4.69) is 70.1 Å². The molecule has 6 saturated carbocycles. The SMILES string of the molecule is C=C(C)C1CC[C@]2(C(=O)N3CCC[C@H]3c3nc(-c4ccccc4)c[nH]3)CC[C@]3(C)[C@H](CC[C@@H]4[C@]5(C)CC[C@H]([C@@]6(C(=O)O)C[C@@H](C(=O)OCc7ccccc7)C6(C)C)C(C)(C)[C@H]5CC[C@]43C)[C@@H]12. The Morgan fingerprint density at radius 1 is 0.803 bits per heavy atom. The minimum Gasteiger partial charge on any atom is -0.481 e. The van der Waals surface area contributed by atoms with Gasteiger partial charge in [-0.25, -0.2) is 4.98 Å². The monoisotopic (exact) mass is 896 g/mol. The van der Waals surface area contributed by atoms with Crippen molar-refractivity contribution in [2.75, 3.05) is 6.54 Å². The van der Waals surface area contributed by atoms with Crippen molar-refractivity contribution in [3.63, 3.8) is 0 Å². The number of ether oxygens (including phenoxy) is 1. The van der Waals surface area contributed by atoms with Crippen LogP contribution in [-0.4, -0.2) is 44.4 Å². The number of allylic oxidation sites excluding steroid dienone is 1. The number of aliphatic carboxylic acids is 1. The molecule has 1 unspecified atom stereocenters. The molecule has 1 amide bonds. The second kappa shape index (κ2) is 15.7. The van der Waals surface area contributed by atoms with E-state index in [-0.39, 0.29) is 57.5 Å². The summed E-state index contributed by atoms with van der Waals surface area (Å²) in [5, 5.41) is 11.4. The number of aromatic nitrogens is 2. The number of likely N-dealkylation sites (tertiary alicyclic amines) is 1. The first-order valence-corrected chi connectivity index (χ1v) is 25.8. The highest BCUT2D eigenvalue weighted by Gasteiger charge is 2.77. The Labute approximate surface area is 394 Å². The van der Waals surface area contributed by atoms with Gasteiger partial charge in [-0.3, -0.25) is 14.4 Å². The lowest BCUT2D eigenvalue weighted by molar-refractivity contribution is -0.269. The first kappa shape index (κ1) is 45.6. The fraction of sp³-hybridized carbons (Fsp3) is 0.655. The maximum absolute atomic E-state index is 15.7. The second-order valence-corrected chi connectivity index (χ2v) is 24.8. The van der Waals surface area contributed by atoms with Crippen molar-refractivity contribution in [1.82, 2.24) is 14.9 Å². The molecule has 3 aromatic rings. The number of carbonyl (C=O) groups is 3. The molecule has 7 aliphatic rings. The molecule has 0 spiro atoms. The van der Waals surface area contributed by atoms with Crippen LogP contribution in [0.2, 0.25) is 0 Å². The van der Waals surface area contributed by atoms with Crippen LogP contribution in [0.3, 0.4) is 0 Å². The van der Waals surface area contributed by atoms with Crippen molar-refractivity contribution in [3.8, 4) is 11.3 Å². The van der Waals surface area contributed by atoms with Crippen LogP contribution >= 0.6 is 0 Å². The molecule has 2 N–H and O–H groups in total. The Morgan fingerprint density at radius 2 is 1.50 bits per heavy atom. The van der Waals surface area contributed by atoms with Gasteiger partial charge in [0.15, 0.2) is 0 Å². The number of nitrogens with one attached hydrogen (secondary N) is 1. The minimum atomic E-state index is -1.01. The number of hydrogen-bond acceptors (Lipinski definition) is 5. The summed E-state index contributed by atoms with van der Waals surface area (Å²) >= 11 is 0. The second-order valence-electron chi connectivity index (χ2n) is 24.8. The predicted molar refractivity (Wildman–Crippen MR) is 258 cm³/mol. The summed E-state index contributed by atoms with van der Waals surface area (Å²) < 4.78 is 5.87. The van der Waals surface area contributed by atoms with Gasteiger partial charge in [-0.05, 0) is 159 Å². The van der Waals surface area contributed by atoms with Crippen LogP contribution in [0.15, 0.2) is 79.0 Å². The van der Waals surface area contributed by atoms with Crippen LogP contribution in [0.4, 0.5) is 0 Å². The Bertz CT molecular complexity index is 2390. The summed E-state index contributed by atoms with van der Waals surface area (Å²) in [6, 6.07) is 20.0. The molecular weight excluding hydrogens is 819 g/mol. The molecule has 13 atom stereocenters. The number of hydrogen-bond donors (Lipinski definition) is 2. The summed E-state index contributed by atoms with van der Waals surface area (Å²) in [6.07, 6.45) is 14.6. The number of rotatable bonds is 9. The lowest BCUT2D eigenvalue weighted by Gasteiger charge is -2.74. The molecule has 2 heterocycles. The van der Waals surface area contributed by atoms with Gasteiger partial charge in [0, 0.05) is 18.3 Å². The number of amides is 1. The molecule has 0 bridgehead atoms. The van der Waals surface area contributed by atoms with E-state index in [0.717, 1.165) is 106 Å². The third kappa shape index (κ3) is 6.19. The number of carboxylic acids is 1. The number of aromatic amines is 1. The number of esters is 1. The number of carboxylic acid groups (broad SMARTS) is 1. The topological polar surface area (TPSA) is 113 Å². The zero-order valence-corrected chi connectivity index (χ0v) is 41.3. The quantitative estimate of drug-likeness (QED) is 0.163. The highest BCUT2D eigenvalue weighted by Crippen LogP contribution is 2.80. The predicted octanol–water partition coefficient (Wildman–Crippen LogP) is 12.9. The van der Waals surface area contributed by atoms with Gasteiger partial charge in [0.1, 0.15) is 12.4 Å². The summed E-state index contributed by atoms with van der Waals surface area (Å²) in [6.45, 7) is 24.6. The minimum absolute atomic E-state index is 0.0331. The van der Waals surface area contributed by atoms with Gasteiger partial charge >= 0.3 is 11.9 Å². The average Bonchev–Trinajstić information content (AvgIpc) is 4.07. The van der Waals surface area contributed by atoms with Crippen LogP contribution < -0.4 is 0 Å². The molecule has 1 aromatic heterocycles. The summed E-state index contributed by atoms with van der Waals surface area (Å²) in [7, 11) is 0. The number of carbonyl (C=O) groups excluding carboxylic acids is 2. The lowest BCUT2D eigenvalue weighted by atomic mass is 9.29. The van der Waals surface area contributed by atoms with Crippen LogP contribution in [0.1, 0.15) is 156 Å². The van der Waals surface area contributed by atoms with E-state index in [1.807, 2.05) is 68.6 Å². The smallest absolute Gasteiger partial charge is 0.310 e. The molecule has 7 fully saturated rings. The highest BCUT2D eigenvalue weighted by atomic mass is 16.5. The molecule has 8 heteroatoms. The van der Waals surface area contributed by atoms with E-state index >= 15 is 4.79 Å². The maximum Gasteiger partial charge on any atom is 0.310 e. The Kier molecular flexibility index (Phi) is 10.8. The molecular formula is C58H77N3O5. The first-order valence-electron chi connectivity index (χ1n) is 25.8. The van der Waals surface area contributed by atoms with Crippen molar-refractivity contribution >= 4 is 17.8 Å². The van der Waals surface area contributed by atoms with E-state index in [1.165, 1.54) is 5.57 Å². The van der Waals surface area contributed by atoms with Gasteiger partial charge in [-0.2, -0.15) is 0 Å². The third-order valence-corrected chi connectivity index (χ3v) is 22.1. The van der Waals surface area contributed by atoms with Crippen LogP contribution in [-0.2, 0) is 25.7 Å². The summed E-state index contributed by atoms with van der Waals surface area (Å²) in [4.78, 5) is 54.1. The van der Waals surface area contributed by atoms with Crippen molar-refractivity contribution in [1.29, 1.82) is 0 Å². The summed E-state index contributed by atoms with van der Waals surface area (Å²) in [5.74, 6) is 1.68. The van der Waals surface area contributed by atoms with Gasteiger partial charge < -0.3 is 19.7 Å². The Morgan fingerprint density at radius 3 is 2.18 bits per heavy atom. The van der Waals surface area contributed by atoms with Crippen molar-refractivity contribution in [2.45, 2.75) is 152 Å². The average molecular weight is 896 g/mol. The van der Waals surface area contributed by atoms with Gasteiger partial charge in [-0.1, -0.05) is 121 Å². The fourth-order valence-electron chi connectivity index (χ4n) is 18.6. The first-order chi connectivity index (χ1) is 31.3. The van der Waals surface area contributed by atoms with E-state index in [1.54, 1.807) is 0 Å². The van der Waals surface area contributed by atoms with Crippen molar-refractivity contribution in [2.24, 2.45) is 79.3 Å². The molecule has 354 valence electrons. The van der Waals surface area contributed by atoms with Gasteiger partial charge in [-0.15, -0.1) is 0 Å². The van der Waals surface area contributed by atoms with Gasteiger partial charge in [0.2, 0.25) is 5.91 Å². The van der Waals surface area contributed by atoms with Gasteiger partial charge in [0.05, 0.1) is 28.5 Å². The molecule has 6 aliphatic carbocycles. The number of H-pyrrole nitrogens is 1. The molecule has 1 aliphatic heterocycles. The number of imidazole rings is 1. The van der Waals surface area contributed by atoms with Gasteiger partial charge in [0.25, 0.3) is 0 Å². The lowest BCUT2D eigenvalue weighted by Crippen LogP contribution is -2.71. The van der Waals surface area contributed by atoms with E-state index in [4.69, 9.17) is 9.72 Å². The summed E-state index contributed by atoms with van der Waals surface area (Å²) in [5.41, 5.74) is 2.03.